The van der Waals surface area contributed by atoms with E-state index in [1.165, 1.54) is 12.7 Å². The van der Waals surface area contributed by atoms with Gasteiger partial charge in [0.25, 0.3) is 0 Å². The standard InChI is InChI=1S/C22H26INO4/c1-28-22(27)6-3-9-24-19-8-7-14(11-18(19)23)10-15-4-2-5-16-12-20(25)21(26)13-17(15)16/h7-8,11-13,15,24-26H,2-6,9-10H2,1H3/t15-/m1/s1. The SMILES string of the molecule is COC(=O)CCCNc1ccc(C[C@H]2CCCc3cc(O)c(O)cc32)cc1I. The largest absolute Gasteiger partial charge is 0.504 e. The number of carbonyl (C=O) groups is 1. The Morgan fingerprint density at radius 2 is 2.04 bits per heavy atom. The van der Waals surface area contributed by atoms with Crippen LogP contribution in [0.4, 0.5) is 5.69 Å². The Kier molecular flexibility index (Phi) is 7.04. The Morgan fingerprint density at radius 1 is 1.25 bits per heavy atom. The number of phenolic OH excluding ortho intramolecular Hbond substituents is 2. The molecule has 150 valence electrons. The third-order valence-electron chi connectivity index (χ3n) is 5.29. The lowest BCUT2D eigenvalue weighted by molar-refractivity contribution is -0.140. The molecule has 28 heavy (non-hydrogen) atoms. The van der Waals surface area contributed by atoms with Gasteiger partial charge >= 0.3 is 5.97 Å². The van der Waals surface area contributed by atoms with Gasteiger partial charge in [0.2, 0.25) is 0 Å². The van der Waals surface area contributed by atoms with Crippen molar-refractivity contribution in [3.8, 4) is 11.5 Å². The van der Waals surface area contributed by atoms with Crippen molar-refractivity contribution < 1.29 is 19.7 Å². The fourth-order valence-corrected chi connectivity index (χ4v) is 4.58. The van der Waals surface area contributed by atoms with Crippen molar-refractivity contribution >= 4 is 34.2 Å². The molecule has 1 atom stereocenters. The van der Waals surface area contributed by atoms with Crippen LogP contribution in [0.15, 0.2) is 30.3 Å². The fraction of sp³-hybridized carbons (Fsp3) is 0.409. The average molecular weight is 495 g/mol. The van der Waals surface area contributed by atoms with Crippen LogP contribution < -0.4 is 5.32 Å². The maximum atomic E-state index is 11.2. The van der Waals surface area contributed by atoms with E-state index in [0.717, 1.165) is 59.0 Å². The van der Waals surface area contributed by atoms with Gasteiger partial charge in [0.15, 0.2) is 11.5 Å². The molecular weight excluding hydrogens is 469 g/mol. The molecule has 1 aliphatic carbocycles. The first-order valence-electron chi connectivity index (χ1n) is 9.61. The minimum Gasteiger partial charge on any atom is -0.504 e. The van der Waals surface area contributed by atoms with Crippen molar-refractivity contribution in [3.05, 3.63) is 50.6 Å². The van der Waals surface area contributed by atoms with Gasteiger partial charge in [0.1, 0.15) is 0 Å². The predicted octanol–water partition coefficient (Wildman–Crippen LogP) is 4.73. The van der Waals surface area contributed by atoms with Crippen molar-refractivity contribution in [1.82, 2.24) is 0 Å². The molecule has 0 aromatic heterocycles. The topological polar surface area (TPSA) is 78.8 Å². The van der Waals surface area contributed by atoms with Crippen molar-refractivity contribution in [2.45, 2.75) is 44.4 Å². The lowest BCUT2D eigenvalue weighted by atomic mass is 9.79. The number of hydrogen-bond acceptors (Lipinski definition) is 5. The van der Waals surface area contributed by atoms with Gasteiger partial charge in [0, 0.05) is 22.2 Å². The van der Waals surface area contributed by atoms with Gasteiger partial charge in [-0.25, -0.2) is 0 Å². The Labute approximate surface area is 179 Å². The number of ether oxygens (including phenoxy) is 1. The van der Waals surface area contributed by atoms with Gasteiger partial charge in [-0.15, -0.1) is 0 Å². The third kappa shape index (κ3) is 5.10. The molecule has 0 radical (unpaired) electrons. The second kappa shape index (κ2) is 9.49. The van der Waals surface area contributed by atoms with E-state index in [0.29, 0.717) is 12.3 Å². The molecule has 1 aliphatic rings. The quantitative estimate of drug-likeness (QED) is 0.224. The predicted molar refractivity (Wildman–Crippen MR) is 118 cm³/mol. The van der Waals surface area contributed by atoms with E-state index in [1.807, 2.05) is 0 Å². The molecule has 6 heteroatoms. The molecule has 5 nitrogen and oxygen atoms in total. The summed E-state index contributed by atoms with van der Waals surface area (Å²) in [5.41, 5.74) is 4.63. The number of phenols is 2. The van der Waals surface area contributed by atoms with Crippen LogP contribution in [0.25, 0.3) is 0 Å². The number of nitrogens with one attached hydrogen (secondary N) is 1. The maximum Gasteiger partial charge on any atom is 0.305 e. The number of benzene rings is 2. The molecule has 0 spiro atoms. The Balaban J connectivity index is 1.64. The van der Waals surface area contributed by atoms with Crippen LogP contribution in [0.3, 0.4) is 0 Å². The monoisotopic (exact) mass is 495 g/mol. The Bertz CT molecular complexity index is 853. The van der Waals surface area contributed by atoms with Crippen LogP contribution in [0.5, 0.6) is 11.5 Å². The van der Waals surface area contributed by atoms with Gasteiger partial charge in [0.05, 0.1) is 7.11 Å². The lowest BCUT2D eigenvalue weighted by Gasteiger charge is -2.26. The second-order valence-electron chi connectivity index (χ2n) is 7.25. The van der Waals surface area contributed by atoms with E-state index < -0.39 is 0 Å². The molecule has 0 bridgehead atoms. The van der Waals surface area contributed by atoms with E-state index in [4.69, 9.17) is 0 Å². The molecule has 2 aromatic carbocycles. The molecule has 3 N–H and O–H groups in total. The summed E-state index contributed by atoms with van der Waals surface area (Å²) in [5, 5.41) is 23.0. The minimum absolute atomic E-state index is 0.0309. The average Bonchev–Trinajstić information content (AvgIpc) is 2.68. The number of hydrogen-bond donors (Lipinski definition) is 3. The Hall–Kier alpha value is -1.96. The number of halogens is 1. The summed E-state index contributed by atoms with van der Waals surface area (Å²) < 4.78 is 5.81. The summed E-state index contributed by atoms with van der Waals surface area (Å²) in [7, 11) is 1.41. The summed E-state index contributed by atoms with van der Waals surface area (Å²) in [5.74, 6) is 0.104. The molecule has 0 saturated carbocycles. The molecule has 0 amide bonds. The molecule has 3 rings (SSSR count). The van der Waals surface area contributed by atoms with Crippen molar-refractivity contribution in [2.24, 2.45) is 0 Å². The molecule has 0 unspecified atom stereocenters. The fourth-order valence-electron chi connectivity index (χ4n) is 3.81. The molecular formula is C22H26INO4. The number of aromatic hydroxyl groups is 2. The highest BCUT2D eigenvalue weighted by molar-refractivity contribution is 14.1. The van der Waals surface area contributed by atoms with Crippen LogP contribution >= 0.6 is 22.6 Å². The summed E-state index contributed by atoms with van der Waals surface area (Å²) >= 11 is 2.34. The summed E-state index contributed by atoms with van der Waals surface area (Å²) in [4.78, 5) is 11.2. The first-order chi connectivity index (χ1) is 13.5. The number of carbonyl (C=O) groups excluding carboxylic acids is 1. The minimum atomic E-state index is -0.182. The van der Waals surface area contributed by atoms with Crippen molar-refractivity contribution in [1.29, 1.82) is 0 Å². The van der Waals surface area contributed by atoms with E-state index in [9.17, 15) is 15.0 Å². The van der Waals surface area contributed by atoms with E-state index in [1.54, 1.807) is 12.1 Å². The summed E-state index contributed by atoms with van der Waals surface area (Å²) in [6.45, 7) is 0.725. The molecule has 0 heterocycles. The third-order valence-corrected chi connectivity index (χ3v) is 6.18. The zero-order valence-corrected chi connectivity index (χ0v) is 18.2. The van der Waals surface area contributed by atoms with Gasteiger partial charge < -0.3 is 20.3 Å². The van der Waals surface area contributed by atoms with Gasteiger partial charge in [-0.3, -0.25) is 4.79 Å². The molecule has 2 aromatic rings. The van der Waals surface area contributed by atoms with Crippen LogP contribution in [0.2, 0.25) is 0 Å². The molecule has 0 saturated heterocycles. The highest BCUT2D eigenvalue weighted by Crippen LogP contribution is 2.39. The Morgan fingerprint density at radius 3 is 2.79 bits per heavy atom. The van der Waals surface area contributed by atoms with Gasteiger partial charge in [-0.1, -0.05) is 6.07 Å². The first kappa shape index (κ1) is 20.8. The zero-order valence-electron chi connectivity index (χ0n) is 16.0. The molecule has 0 aliphatic heterocycles. The van der Waals surface area contributed by atoms with Crippen LogP contribution in [0.1, 0.15) is 48.3 Å². The molecule has 0 fully saturated rings. The zero-order chi connectivity index (χ0) is 20.1. The summed E-state index contributed by atoms with van der Waals surface area (Å²) in [6, 6.07) is 9.86. The van der Waals surface area contributed by atoms with Crippen LogP contribution in [-0.2, 0) is 22.4 Å². The number of methoxy groups -OCH3 is 1. The number of rotatable bonds is 7. The van der Waals surface area contributed by atoms with E-state index in [-0.39, 0.29) is 17.5 Å². The van der Waals surface area contributed by atoms with Crippen LogP contribution in [-0.4, -0.2) is 29.8 Å². The highest BCUT2D eigenvalue weighted by atomic mass is 127. The van der Waals surface area contributed by atoms with E-state index in [2.05, 4.69) is 50.8 Å². The van der Waals surface area contributed by atoms with Crippen LogP contribution in [0, 0.1) is 3.57 Å². The number of anilines is 1. The first-order valence-corrected chi connectivity index (χ1v) is 10.7. The maximum absolute atomic E-state index is 11.2. The number of esters is 1. The normalized spacial score (nSPS) is 15.7. The van der Waals surface area contributed by atoms with Crippen molar-refractivity contribution in [2.75, 3.05) is 19.0 Å². The number of fused-ring (bicyclic) bond motifs is 1. The highest BCUT2D eigenvalue weighted by Gasteiger charge is 2.22. The van der Waals surface area contributed by atoms with E-state index >= 15 is 0 Å². The van der Waals surface area contributed by atoms with Gasteiger partial charge in [-0.05, 0) is 102 Å². The second-order valence-corrected chi connectivity index (χ2v) is 8.42. The number of aryl methyl sites for hydroxylation is 1. The summed E-state index contributed by atoms with van der Waals surface area (Å²) in [6.07, 6.45) is 5.20. The van der Waals surface area contributed by atoms with Gasteiger partial charge in [-0.2, -0.15) is 0 Å². The van der Waals surface area contributed by atoms with Crippen molar-refractivity contribution in [3.63, 3.8) is 0 Å². The lowest BCUT2D eigenvalue weighted by Crippen LogP contribution is -2.12. The smallest absolute Gasteiger partial charge is 0.305 e.